The summed E-state index contributed by atoms with van der Waals surface area (Å²) < 4.78 is 1.79. The van der Waals surface area contributed by atoms with E-state index in [1.165, 1.54) is 17.3 Å². The van der Waals surface area contributed by atoms with Crippen LogP contribution in [0.2, 0.25) is 5.02 Å². The molecule has 7 heteroatoms. The number of fused-ring (bicyclic) bond motifs is 1. The summed E-state index contributed by atoms with van der Waals surface area (Å²) >= 11 is 7.25. The second-order valence-corrected chi connectivity index (χ2v) is 7.70. The number of thioether (sulfide) groups is 1. The van der Waals surface area contributed by atoms with Crippen molar-refractivity contribution < 1.29 is 4.79 Å². The Morgan fingerprint density at radius 3 is 2.64 bits per heavy atom. The minimum atomic E-state index is -0.102. The average Bonchev–Trinajstić information content (AvgIpc) is 3.13. The molecule has 0 aliphatic rings. The molecule has 0 aliphatic carbocycles. The molecule has 0 atom stereocenters. The highest BCUT2D eigenvalue weighted by molar-refractivity contribution is 8.00. The van der Waals surface area contributed by atoms with Crippen molar-refractivity contribution in [2.75, 3.05) is 11.1 Å². The van der Waals surface area contributed by atoms with Gasteiger partial charge in [0.2, 0.25) is 5.91 Å². The summed E-state index contributed by atoms with van der Waals surface area (Å²) in [7, 11) is 0. The number of halogens is 1. The van der Waals surface area contributed by atoms with Gasteiger partial charge in [0.1, 0.15) is 5.03 Å². The summed E-state index contributed by atoms with van der Waals surface area (Å²) in [6, 6.07) is 17.3. The highest BCUT2D eigenvalue weighted by Gasteiger charge is 2.11. The zero-order chi connectivity index (χ0) is 19.5. The van der Waals surface area contributed by atoms with Crippen molar-refractivity contribution in [3.63, 3.8) is 0 Å². The summed E-state index contributed by atoms with van der Waals surface area (Å²) in [6.45, 7) is 2.06. The van der Waals surface area contributed by atoms with E-state index in [1.807, 2.05) is 12.3 Å². The quantitative estimate of drug-likeness (QED) is 0.467. The summed E-state index contributed by atoms with van der Waals surface area (Å²) in [5.41, 5.74) is 4.72. The Bertz CT molecular complexity index is 1120. The number of hydrogen-bond donors (Lipinski definition) is 1. The lowest BCUT2D eigenvalue weighted by atomic mass is 10.1. The number of aromatic nitrogens is 3. The molecule has 5 nitrogen and oxygen atoms in total. The summed E-state index contributed by atoms with van der Waals surface area (Å²) in [5.74, 6) is 0.148. The van der Waals surface area contributed by atoms with Crippen molar-refractivity contribution in [1.82, 2.24) is 14.6 Å². The zero-order valence-corrected chi connectivity index (χ0v) is 16.7. The van der Waals surface area contributed by atoms with Crippen LogP contribution in [0.15, 0.2) is 72.0 Å². The van der Waals surface area contributed by atoms with Crippen LogP contribution < -0.4 is 5.32 Å². The molecule has 2 aromatic heterocycles. The monoisotopic (exact) mass is 408 g/mol. The summed E-state index contributed by atoms with van der Waals surface area (Å²) in [4.78, 5) is 16.7. The second kappa shape index (κ2) is 8.04. The molecule has 1 amide bonds. The van der Waals surface area contributed by atoms with Crippen molar-refractivity contribution in [3.05, 3.63) is 77.6 Å². The molecule has 0 fully saturated rings. The molecule has 0 saturated heterocycles. The minimum absolute atomic E-state index is 0.102. The van der Waals surface area contributed by atoms with E-state index >= 15 is 0 Å². The fourth-order valence-electron chi connectivity index (χ4n) is 2.74. The Balaban J connectivity index is 1.50. The van der Waals surface area contributed by atoms with Crippen LogP contribution >= 0.6 is 23.4 Å². The number of benzene rings is 2. The van der Waals surface area contributed by atoms with Gasteiger partial charge in [-0.15, -0.1) is 0 Å². The lowest BCUT2D eigenvalue weighted by Crippen LogP contribution is -2.14. The topological polar surface area (TPSA) is 59.3 Å². The van der Waals surface area contributed by atoms with Gasteiger partial charge in [-0.05, 0) is 37.3 Å². The van der Waals surface area contributed by atoms with Crippen LogP contribution in [0.5, 0.6) is 0 Å². The molecule has 2 heterocycles. The van der Waals surface area contributed by atoms with E-state index in [0.717, 1.165) is 21.8 Å². The van der Waals surface area contributed by atoms with Gasteiger partial charge in [0.05, 0.1) is 17.0 Å². The Morgan fingerprint density at radius 1 is 1.14 bits per heavy atom. The van der Waals surface area contributed by atoms with Gasteiger partial charge in [0.25, 0.3) is 0 Å². The Kier molecular flexibility index (Phi) is 5.32. The molecular formula is C21H17ClN4OS. The first-order valence-electron chi connectivity index (χ1n) is 8.68. The van der Waals surface area contributed by atoms with Crippen LogP contribution in [-0.2, 0) is 4.79 Å². The molecule has 0 radical (unpaired) electrons. The molecule has 4 aromatic rings. The maximum Gasteiger partial charge on any atom is 0.234 e. The largest absolute Gasteiger partial charge is 0.325 e. The molecule has 0 spiro atoms. The highest BCUT2D eigenvalue weighted by atomic mass is 35.5. The average molecular weight is 409 g/mol. The minimum Gasteiger partial charge on any atom is -0.325 e. The van der Waals surface area contributed by atoms with Crippen LogP contribution in [0.25, 0.3) is 16.8 Å². The van der Waals surface area contributed by atoms with Crippen LogP contribution in [0.4, 0.5) is 5.69 Å². The van der Waals surface area contributed by atoms with E-state index in [4.69, 9.17) is 11.6 Å². The molecule has 0 aliphatic heterocycles. The SMILES string of the molecule is Cc1ccc(-c2cc3c(SCC(=O)Nc4ccc(Cl)cc4)nccn3n2)cc1. The maximum absolute atomic E-state index is 12.3. The predicted molar refractivity (Wildman–Crippen MR) is 114 cm³/mol. The molecule has 2 aromatic carbocycles. The van der Waals surface area contributed by atoms with E-state index < -0.39 is 0 Å². The first kappa shape index (κ1) is 18.5. The third-order valence-corrected chi connectivity index (χ3v) is 5.42. The molecular weight excluding hydrogens is 392 g/mol. The molecule has 140 valence electrons. The van der Waals surface area contributed by atoms with Gasteiger partial charge in [-0.1, -0.05) is 53.2 Å². The third-order valence-electron chi connectivity index (χ3n) is 4.17. The van der Waals surface area contributed by atoms with Gasteiger partial charge in [-0.25, -0.2) is 9.50 Å². The van der Waals surface area contributed by atoms with E-state index in [9.17, 15) is 4.79 Å². The molecule has 0 saturated carbocycles. The lowest BCUT2D eigenvalue weighted by molar-refractivity contribution is -0.113. The summed E-state index contributed by atoms with van der Waals surface area (Å²) in [6.07, 6.45) is 3.50. The summed E-state index contributed by atoms with van der Waals surface area (Å²) in [5, 5.41) is 8.88. The van der Waals surface area contributed by atoms with Crippen molar-refractivity contribution in [1.29, 1.82) is 0 Å². The fourth-order valence-corrected chi connectivity index (χ4v) is 3.64. The number of anilines is 1. The lowest BCUT2D eigenvalue weighted by Gasteiger charge is -2.05. The predicted octanol–water partition coefficient (Wildman–Crippen LogP) is 5.09. The van der Waals surface area contributed by atoms with Crippen molar-refractivity contribution in [2.45, 2.75) is 11.9 Å². The third kappa shape index (κ3) is 4.18. The number of rotatable bonds is 5. The van der Waals surface area contributed by atoms with E-state index in [0.29, 0.717) is 10.7 Å². The number of carbonyl (C=O) groups excluding carboxylic acids is 1. The van der Waals surface area contributed by atoms with Crippen molar-refractivity contribution in [2.24, 2.45) is 0 Å². The molecule has 28 heavy (non-hydrogen) atoms. The van der Waals surface area contributed by atoms with Crippen LogP contribution in [0.1, 0.15) is 5.56 Å². The molecule has 0 unspecified atom stereocenters. The maximum atomic E-state index is 12.3. The van der Waals surface area contributed by atoms with Gasteiger partial charge in [-0.2, -0.15) is 5.10 Å². The highest BCUT2D eigenvalue weighted by Crippen LogP contribution is 2.26. The normalized spacial score (nSPS) is 10.9. The first-order chi connectivity index (χ1) is 13.6. The number of carbonyl (C=O) groups is 1. The number of aryl methyl sites for hydroxylation is 1. The van der Waals surface area contributed by atoms with E-state index in [-0.39, 0.29) is 11.7 Å². The van der Waals surface area contributed by atoms with Crippen molar-refractivity contribution >= 4 is 40.5 Å². The second-order valence-electron chi connectivity index (χ2n) is 6.30. The molecule has 0 bridgehead atoms. The molecule has 4 rings (SSSR count). The Hall–Kier alpha value is -2.83. The van der Waals surface area contributed by atoms with Gasteiger partial charge in [-0.3, -0.25) is 4.79 Å². The number of amides is 1. The van der Waals surface area contributed by atoms with Crippen LogP contribution in [0, 0.1) is 6.92 Å². The zero-order valence-electron chi connectivity index (χ0n) is 15.1. The Labute approximate surface area is 171 Å². The number of nitrogens with zero attached hydrogens (tertiary/aromatic N) is 3. The molecule has 1 N–H and O–H groups in total. The smallest absolute Gasteiger partial charge is 0.234 e. The van der Waals surface area contributed by atoms with E-state index in [2.05, 4.69) is 46.6 Å². The van der Waals surface area contributed by atoms with Gasteiger partial charge in [0.15, 0.2) is 0 Å². The number of hydrogen-bond acceptors (Lipinski definition) is 4. The fraction of sp³-hybridized carbons (Fsp3) is 0.0952. The van der Waals surface area contributed by atoms with Gasteiger partial charge < -0.3 is 5.32 Å². The Morgan fingerprint density at radius 2 is 1.89 bits per heavy atom. The first-order valence-corrected chi connectivity index (χ1v) is 10.0. The van der Waals surface area contributed by atoms with Crippen LogP contribution in [0.3, 0.4) is 0 Å². The standard InChI is InChI=1S/C21H17ClN4OS/c1-14-2-4-15(5-3-14)18-12-19-21(23-10-11-26(19)25-18)28-13-20(27)24-17-8-6-16(22)7-9-17/h2-12H,13H2,1H3,(H,24,27). The number of nitrogens with one attached hydrogen (secondary N) is 1. The van der Waals surface area contributed by atoms with Gasteiger partial charge >= 0.3 is 0 Å². The van der Waals surface area contributed by atoms with E-state index in [1.54, 1.807) is 35.0 Å². The van der Waals surface area contributed by atoms with Crippen LogP contribution in [-0.4, -0.2) is 26.3 Å². The van der Waals surface area contributed by atoms with Crippen molar-refractivity contribution in [3.8, 4) is 11.3 Å². The van der Waals surface area contributed by atoms with Gasteiger partial charge in [0, 0.05) is 28.7 Å².